The van der Waals surface area contributed by atoms with Crippen molar-refractivity contribution in [2.75, 3.05) is 13.1 Å². The zero-order valence-corrected chi connectivity index (χ0v) is 12.0. The van der Waals surface area contributed by atoms with Gasteiger partial charge in [-0.3, -0.25) is 0 Å². The molecule has 20 heavy (non-hydrogen) atoms. The highest BCUT2D eigenvalue weighted by Gasteiger charge is 1.98. The molecule has 0 radical (unpaired) electrons. The maximum Gasteiger partial charge on any atom is 0.191 e. The monoisotopic (exact) mass is 271 g/mol. The van der Waals surface area contributed by atoms with Crippen LogP contribution in [0.25, 0.3) is 5.69 Å². The molecule has 0 saturated heterocycles. The molecule has 0 saturated carbocycles. The van der Waals surface area contributed by atoms with Crippen LogP contribution in [0.5, 0.6) is 0 Å². The first-order valence-electron chi connectivity index (χ1n) is 6.94. The molecule has 5 nitrogen and oxygen atoms in total. The van der Waals surface area contributed by atoms with Gasteiger partial charge in [0.2, 0.25) is 0 Å². The van der Waals surface area contributed by atoms with E-state index in [2.05, 4.69) is 58.8 Å². The standard InChI is InChI=1S/C15H21N5/c1-3-16-15(17-4-2)18-12-13-6-8-14(9-7-13)20-11-5-10-19-20/h5-11H,3-4,12H2,1-2H3,(H2,16,17,18). The molecule has 0 aliphatic rings. The number of rotatable bonds is 5. The Balaban J connectivity index is 2.01. The fourth-order valence-corrected chi connectivity index (χ4v) is 1.86. The van der Waals surface area contributed by atoms with Crippen LogP contribution in [0, 0.1) is 0 Å². The number of guanidine groups is 1. The Morgan fingerprint density at radius 3 is 2.40 bits per heavy atom. The minimum absolute atomic E-state index is 0.661. The summed E-state index contributed by atoms with van der Waals surface area (Å²) in [4.78, 5) is 4.54. The summed E-state index contributed by atoms with van der Waals surface area (Å²) in [6, 6.07) is 10.2. The minimum Gasteiger partial charge on any atom is -0.357 e. The smallest absolute Gasteiger partial charge is 0.191 e. The first-order valence-corrected chi connectivity index (χ1v) is 6.94. The van der Waals surface area contributed by atoms with E-state index in [9.17, 15) is 0 Å². The van der Waals surface area contributed by atoms with Gasteiger partial charge in [0.05, 0.1) is 12.2 Å². The SMILES string of the molecule is CCNC(=NCc1ccc(-n2cccn2)cc1)NCC. The highest BCUT2D eigenvalue weighted by atomic mass is 15.3. The molecule has 0 amide bonds. The third kappa shape index (κ3) is 3.85. The third-order valence-corrected chi connectivity index (χ3v) is 2.81. The zero-order chi connectivity index (χ0) is 14.2. The molecule has 2 aromatic rings. The number of hydrogen-bond donors (Lipinski definition) is 2. The molecule has 2 rings (SSSR count). The van der Waals surface area contributed by atoms with Gasteiger partial charge < -0.3 is 10.6 Å². The van der Waals surface area contributed by atoms with Crippen molar-refractivity contribution < 1.29 is 0 Å². The molecule has 0 unspecified atom stereocenters. The van der Waals surface area contributed by atoms with Crippen molar-refractivity contribution in [2.45, 2.75) is 20.4 Å². The van der Waals surface area contributed by atoms with Gasteiger partial charge in [-0.15, -0.1) is 0 Å². The van der Waals surface area contributed by atoms with Crippen LogP contribution < -0.4 is 10.6 Å². The van der Waals surface area contributed by atoms with Gasteiger partial charge in [0.15, 0.2) is 5.96 Å². The van der Waals surface area contributed by atoms with E-state index in [1.807, 2.05) is 16.9 Å². The highest BCUT2D eigenvalue weighted by Crippen LogP contribution is 2.09. The molecule has 0 aliphatic heterocycles. The molecule has 0 bridgehead atoms. The number of nitrogens with zero attached hydrogens (tertiary/aromatic N) is 3. The maximum absolute atomic E-state index is 4.54. The van der Waals surface area contributed by atoms with E-state index in [4.69, 9.17) is 0 Å². The van der Waals surface area contributed by atoms with E-state index in [1.165, 1.54) is 5.56 Å². The Kier molecular flexibility index (Phi) is 5.17. The lowest BCUT2D eigenvalue weighted by molar-refractivity contribution is 0.838. The summed E-state index contributed by atoms with van der Waals surface area (Å²) in [5.74, 6) is 0.853. The van der Waals surface area contributed by atoms with Crippen LogP contribution in [-0.4, -0.2) is 28.8 Å². The fraction of sp³-hybridized carbons (Fsp3) is 0.333. The van der Waals surface area contributed by atoms with Crippen molar-refractivity contribution in [2.24, 2.45) is 4.99 Å². The zero-order valence-electron chi connectivity index (χ0n) is 12.0. The molecule has 1 aromatic carbocycles. The number of nitrogens with one attached hydrogen (secondary N) is 2. The first kappa shape index (κ1) is 14.1. The van der Waals surface area contributed by atoms with E-state index >= 15 is 0 Å². The predicted molar refractivity (Wildman–Crippen MR) is 82.1 cm³/mol. The van der Waals surface area contributed by atoms with Gasteiger partial charge in [-0.2, -0.15) is 5.10 Å². The number of aromatic nitrogens is 2. The van der Waals surface area contributed by atoms with Crippen molar-refractivity contribution in [1.29, 1.82) is 0 Å². The Morgan fingerprint density at radius 1 is 1.15 bits per heavy atom. The van der Waals surface area contributed by atoms with Gasteiger partial charge >= 0.3 is 0 Å². The Hall–Kier alpha value is -2.30. The second-order valence-corrected chi connectivity index (χ2v) is 4.34. The molecule has 1 aromatic heterocycles. The van der Waals surface area contributed by atoms with Gasteiger partial charge in [0.1, 0.15) is 0 Å². The van der Waals surface area contributed by atoms with Crippen molar-refractivity contribution in [3.63, 3.8) is 0 Å². The van der Waals surface area contributed by atoms with E-state index in [-0.39, 0.29) is 0 Å². The average molecular weight is 271 g/mol. The topological polar surface area (TPSA) is 54.2 Å². The van der Waals surface area contributed by atoms with Gasteiger partial charge in [-0.25, -0.2) is 9.67 Å². The minimum atomic E-state index is 0.661. The van der Waals surface area contributed by atoms with Crippen LogP contribution in [0.15, 0.2) is 47.7 Å². The van der Waals surface area contributed by atoms with Crippen LogP contribution in [0.1, 0.15) is 19.4 Å². The van der Waals surface area contributed by atoms with Crippen LogP contribution in [0.3, 0.4) is 0 Å². The summed E-state index contributed by atoms with van der Waals surface area (Å²) >= 11 is 0. The van der Waals surface area contributed by atoms with Gasteiger partial charge in [-0.1, -0.05) is 12.1 Å². The van der Waals surface area contributed by atoms with Crippen LogP contribution in [-0.2, 0) is 6.54 Å². The van der Waals surface area contributed by atoms with Crippen molar-refractivity contribution in [3.05, 3.63) is 48.3 Å². The van der Waals surface area contributed by atoms with Crippen molar-refractivity contribution in [3.8, 4) is 5.69 Å². The first-order chi connectivity index (χ1) is 9.83. The van der Waals surface area contributed by atoms with Crippen LogP contribution >= 0.6 is 0 Å². The maximum atomic E-state index is 4.54. The average Bonchev–Trinajstić information content (AvgIpc) is 3.00. The van der Waals surface area contributed by atoms with E-state index in [0.717, 1.165) is 24.7 Å². The van der Waals surface area contributed by atoms with Crippen LogP contribution in [0.2, 0.25) is 0 Å². The largest absolute Gasteiger partial charge is 0.357 e. The summed E-state index contributed by atoms with van der Waals surface area (Å²) in [5, 5.41) is 10.6. The molecular formula is C15H21N5. The summed E-state index contributed by atoms with van der Waals surface area (Å²) in [6.45, 7) is 6.51. The molecule has 1 heterocycles. The number of aliphatic imine (C=N–C) groups is 1. The number of hydrogen-bond acceptors (Lipinski definition) is 2. The predicted octanol–water partition coefficient (Wildman–Crippen LogP) is 1.95. The number of benzene rings is 1. The normalized spacial score (nSPS) is 10.1. The summed E-state index contributed by atoms with van der Waals surface area (Å²) in [5.41, 5.74) is 2.23. The highest BCUT2D eigenvalue weighted by molar-refractivity contribution is 5.79. The summed E-state index contributed by atoms with van der Waals surface area (Å²) < 4.78 is 1.84. The lowest BCUT2D eigenvalue weighted by Crippen LogP contribution is -2.36. The Labute approximate surface area is 119 Å². The lowest BCUT2D eigenvalue weighted by atomic mass is 10.2. The Morgan fingerprint density at radius 2 is 1.85 bits per heavy atom. The van der Waals surface area contributed by atoms with Gasteiger partial charge in [-0.05, 0) is 37.6 Å². The van der Waals surface area contributed by atoms with Crippen molar-refractivity contribution >= 4 is 5.96 Å². The molecule has 0 atom stereocenters. The van der Waals surface area contributed by atoms with Gasteiger partial charge in [0, 0.05) is 25.5 Å². The Bertz CT molecular complexity index is 520. The molecule has 5 heteroatoms. The molecule has 0 aliphatic carbocycles. The summed E-state index contributed by atoms with van der Waals surface area (Å²) in [6.07, 6.45) is 3.71. The fourth-order valence-electron chi connectivity index (χ4n) is 1.86. The quantitative estimate of drug-likeness (QED) is 0.645. The molecule has 2 N–H and O–H groups in total. The molecule has 0 fully saturated rings. The lowest BCUT2D eigenvalue weighted by Gasteiger charge is -2.09. The van der Waals surface area contributed by atoms with Crippen molar-refractivity contribution in [1.82, 2.24) is 20.4 Å². The van der Waals surface area contributed by atoms with E-state index in [0.29, 0.717) is 6.54 Å². The van der Waals surface area contributed by atoms with Gasteiger partial charge in [0.25, 0.3) is 0 Å². The molecule has 106 valence electrons. The second-order valence-electron chi connectivity index (χ2n) is 4.34. The van der Waals surface area contributed by atoms with E-state index in [1.54, 1.807) is 6.20 Å². The van der Waals surface area contributed by atoms with E-state index < -0.39 is 0 Å². The summed E-state index contributed by atoms with van der Waals surface area (Å²) in [7, 11) is 0. The van der Waals surface area contributed by atoms with Crippen LogP contribution in [0.4, 0.5) is 0 Å². The molecule has 0 spiro atoms. The second kappa shape index (κ2) is 7.33. The third-order valence-electron chi connectivity index (χ3n) is 2.81. The molecular weight excluding hydrogens is 250 g/mol.